The van der Waals surface area contributed by atoms with Gasteiger partial charge in [-0.15, -0.1) is 0 Å². The normalized spacial score (nSPS) is 17.1. The van der Waals surface area contributed by atoms with Crippen molar-refractivity contribution in [2.24, 2.45) is 0 Å². The molecule has 4 nitrogen and oxygen atoms in total. The fourth-order valence-electron chi connectivity index (χ4n) is 1.28. The van der Waals surface area contributed by atoms with Crippen LogP contribution in [0.4, 0.5) is 0 Å². The summed E-state index contributed by atoms with van der Waals surface area (Å²) in [5.74, 6) is 0. The van der Waals surface area contributed by atoms with Crippen molar-refractivity contribution in [3.63, 3.8) is 0 Å². The Kier molecular flexibility index (Phi) is 9.92. The van der Waals surface area contributed by atoms with E-state index in [2.05, 4.69) is 6.92 Å². The predicted octanol–water partition coefficient (Wildman–Crippen LogP) is 1.34. The molecule has 0 heterocycles. The zero-order valence-corrected chi connectivity index (χ0v) is 10.7. The van der Waals surface area contributed by atoms with Crippen LogP contribution >= 0.6 is 0 Å². The molecule has 0 spiro atoms. The van der Waals surface area contributed by atoms with Crippen LogP contribution in [0.15, 0.2) is 0 Å². The first-order valence-corrected chi connectivity index (χ1v) is 6.12. The molecular weight excluding hydrogens is 208 g/mol. The lowest BCUT2D eigenvalue weighted by Crippen LogP contribution is -2.26. The molecule has 98 valence electrons. The fraction of sp³-hybridized carbons (Fsp3) is 1.00. The summed E-state index contributed by atoms with van der Waals surface area (Å²) >= 11 is 0. The van der Waals surface area contributed by atoms with Gasteiger partial charge in [-0.1, -0.05) is 19.8 Å². The second-order valence-corrected chi connectivity index (χ2v) is 4.27. The van der Waals surface area contributed by atoms with E-state index in [-0.39, 0.29) is 18.8 Å². The van der Waals surface area contributed by atoms with Gasteiger partial charge in [-0.25, -0.2) is 0 Å². The minimum Gasteiger partial charge on any atom is -0.394 e. The van der Waals surface area contributed by atoms with Gasteiger partial charge in [-0.3, -0.25) is 0 Å². The Hall–Kier alpha value is -0.160. The van der Waals surface area contributed by atoms with Crippen LogP contribution in [0.3, 0.4) is 0 Å². The molecule has 0 rings (SSSR count). The van der Waals surface area contributed by atoms with Crippen molar-refractivity contribution < 1.29 is 19.7 Å². The van der Waals surface area contributed by atoms with Crippen molar-refractivity contribution in [1.29, 1.82) is 0 Å². The van der Waals surface area contributed by atoms with Crippen LogP contribution in [-0.4, -0.2) is 48.3 Å². The highest BCUT2D eigenvalue weighted by Crippen LogP contribution is 2.06. The number of unbranched alkanes of at least 4 members (excludes halogenated alkanes) is 1. The average Bonchev–Trinajstić information content (AvgIpc) is 2.26. The van der Waals surface area contributed by atoms with Gasteiger partial charge in [0.05, 0.1) is 38.1 Å². The Morgan fingerprint density at radius 3 is 2.31 bits per heavy atom. The van der Waals surface area contributed by atoms with Crippen molar-refractivity contribution in [2.45, 2.75) is 58.3 Å². The second-order valence-electron chi connectivity index (χ2n) is 4.27. The molecule has 16 heavy (non-hydrogen) atoms. The van der Waals surface area contributed by atoms with Crippen LogP contribution in [0.5, 0.6) is 0 Å². The van der Waals surface area contributed by atoms with Gasteiger partial charge >= 0.3 is 0 Å². The molecule has 0 aromatic heterocycles. The van der Waals surface area contributed by atoms with Crippen LogP contribution < -0.4 is 0 Å². The second kappa shape index (κ2) is 10.0. The third kappa shape index (κ3) is 9.09. The van der Waals surface area contributed by atoms with E-state index >= 15 is 0 Å². The monoisotopic (exact) mass is 234 g/mol. The molecule has 0 fully saturated rings. The third-order valence-corrected chi connectivity index (χ3v) is 2.27. The SMILES string of the molecule is CCCCC(CO)OCC(C)OCC(C)O. The summed E-state index contributed by atoms with van der Waals surface area (Å²) in [7, 11) is 0. The largest absolute Gasteiger partial charge is 0.394 e. The molecule has 3 atom stereocenters. The highest BCUT2D eigenvalue weighted by Gasteiger charge is 2.10. The smallest absolute Gasteiger partial charge is 0.0807 e. The number of aliphatic hydroxyl groups excluding tert-OH is 2. The lowest BCUT2D eigenvalue weighted by Gasteiger charge is -2.19. The van der Waals surface area contributed by atoms with Gasteiger partial charge in [0, 0.05) is 0 Å². The maximum absolute atomic E-state index is 9.08. The summed E-state index contributed by atoms with van der Waals surface area (Å²) in [6.07, 6.45) is 2.47. The number of hydrogen-bond acceptors (Lipinski definition) is 4. The third-order valence-electron chi connectivity index (χ3n) is 2.27. The number of rotatable bonds is 10. The summed E-state index contributed by atoms with van der Waals surface area (Å²) in [5.41, 5.74) is 0. The molecule has 0 saturated heterocycles. The molecule has 0 radical (unpaired) electrons. The van der Waals surface area contributed by atoms with Crippen molar-refractivity contribution >= 4 is 0 Å². The van der Waals surface area contributed by atoms with Crippen LogP contribution in [0.2, 0.25) is 0 Å². The van der Waals surface area contributed by atoms with Gasteiger partial charge < -0.3 is 19.7 Å². The molecule has 4 heteroatoms. The van der Waals surface area contributed by atoms with E-state index in [0.29, 0.717) is 13.2 Å². The maximum atomic E-state index is 9.08. The molecule has 2 N–H and O–H groups in total. The molecule has 0 aliphatic rings. The highest BCUT2D eigenvalue weighted by atomic mass is 16.5. The minimum atomic E-state index is -0.448. The summed E-state index contributed by atoms with van der Waals surface area (Å²) in [5, 5.41) is 18.1. The molecule has 0 bridgehead atoms. The molecular formula is C12H26O4. The van der Waals surface area contributed by atoms with Gasteiger partial charge in [-0.05, 0) is 20.3 Å². The van der Waals surface area contributed by atoms with E-state index in [1.807, 2.05) is 6.92 Å². The van der Waals surface area contributed by atoms with E-state index in [0.717, 1.165) is 19.3 Å². The van der Waals surface area contributed by atoms with Crippen molar-refractivity contribution in [2.75, 3.05) is 19.8 Å². The van der Waals surface area contributed by atoms with Crippen LogP contribution in [0.1, 0.15) is 40.0 Å². The predicted molar refractivity (Wildman–Crippen MR) is 63.4 cm³/mol. The molecule has 0 aliphatic carbocycles. The van der Waals surface area contributed by atoms with Gasteiger partial charge in [0.2, 0.25) is 0 Å². The van der Waals surface area contributed by atoms with Gasteiger partial charge in [0.15, 0.2) is 0 Å². The minimum absolute atomic E-state index is 0.0507. The lowest BCUT2D eigenvalue weighted by atomic mass is 10.2. The average molecular weight is 234 g/mol. The summed E-state index contributed by atoms with van der Waals surface area (Å²) in [4.78, 5) is 0. The zero-order chi connectivity index (χ0) is 12.4. The molecule has 0 aromatic rings. The molecule has 3 unspecified atom stereocenters. The Balaban J connectivity index is 3.57. The van der Waals surface area contributed by atoms with Crippen molar-refractivity contribution in [3.8, 4) is 0 Å². The fourth-order valence-corrected chi connectivity index (χ4v) is 1.28. The summed E-state index contributed by atoms with van der Waals surface area (Å²) in [6, 6.07) is 0. The first-order chi connectivity index (χ1) is 7.60. The standard InChI is InChI=1S/C12H26O4/c1-4-5-6-12(7-13)16-9-11(3)15-8-10(2)14/h10-14H,4-9H2,1-3H3. The highest BCUT2D eigenvalue weighted by molar-refractivity contribution is 4.58. The van der Waals surface area contributed by atoms with Crippen molar-refractivity contribution in [3.05, 3.63) is 0 Å². The maximum Gasteiger partial charge on any atom is 0.0807 e. The number of ether oxygens (including phenoxy) is 2. The van der Waals surface area contributed by atoms with Crippen molar-refractivity contribution in [1.82, 2.24) is 0 Å². The Labute approximate surface area is 98.6 Å². The van der Waals surface area contributed by atoms with E-state index in [1.54, 1.807) is 6.92 Å². The first kappa shape index (κ1) is 15.8. The van der Waals surface area contributed by atoms with E-state index < -0.39 is 6.10 Å². The number of hydrogen-bond donors (Lipinski definition) is 2. The van der Waals surface area contributed by atoms with Gasteiger partial charge in [0.25, 0.3) is 0 Å². The number of aliphatic hydroxyl groups is 2. The molecule has 0 aromatic carbocycles. The van der Waals surface area contributed by atoms with E-state index in [9.17, 15) is 0 Å². The van der Waals surface area contributed by atoms with Crippen LogP contribution in [0.25, 0.3) is 0 Å². The van der Waals surface area contributed by atoms with Crippen LogP contribution in [-0.2, 0) is 9.47 Å². The molecule has 0 amide bonds. The van der Waals surface area contributed by atoms with E-state index in [4.69, 9.17) is 19.7 Å². The Morgan fingerprint density at radius 2 is 1.81 bits per heavy atom. The zero-order valence-electron chi connectivity index (χ0n) is 10.7. The van der Waals surface area contributed by atoms with E-state index in [1.165, 1.54) is 0 Å². The Morgan fingerprint density at radius 1 is 1.12 bits per heavy atom. The quantitative estimate of drug-likeness (QED) is 0.599. The Bertz CT molecular complexity index is 150. The summed E-state index contributed by atoms with van der Waals surface area (Å²) < 4.78 is 10.9. The summed E-state index contributed by atoms with van der Waals surface area (Å²) in [6.45, 7) is 6.54. The van der Waals surface area contributed by atoms with Gasteiger partial charge in [0.1, 0.15) is 0 Å². The molecule has 0 saturated carbocycles. The van der Waals surface area contributed by atoms with Crippen LogP contribution in [0, 0.1) is 0 Å². The topological polar surface area (TPSA) is 58.9 Å². The lowest BCUT2D eigenvalue weighted by molar-refractivity contribution is -0.0689. The van der Waals surface area contributed by atoms with Gasteiger partial charge in [-0.2, -0.15) is 0 Å². The molecule has 0 aliphatic heterocycles. The first-order valence-electron chi connectivity index (χ1n) is 6.12.